The predicted molar refractivity (Wildman–Crippen MR) is 73.1 cm³/mol. The molecule has 1 aromatic carbocycles. The maximum Gasteiger partial charge on any atom is 0.0718 e. The Labute approximate surface area is 105 Å². The molecule has 2 nitrogen and oxygen atoms in total. The highest BCUT2D eigenvalue weighted by Gasteiger charge is 2.17. The largest absolute Gasteiger partial charge is 0.389 e. The second kappa shape index (κ2) is 6.18. The van der Waals surface area contributed by atoms with Crippen LogP contribution in [0.4, 0.5) is 0 Å². The molecule has 17 heavy (non-hydrogen) atoms. The molecule has 0 radical (unpaired) electrons. The fourth-order valence-electron chi connectivity index (χ4n) is 1.97. The maximum atomic E-state index is 9.84. The van der Waals surface area contributed by atoms with Crippen molar-refractivity contribution in [3.63, 3.8) is 0 Å². The number of likely N-dealkylation sites (N-methyl/N-ethyl adjacent to an activating group) is 1. The Hall–Kier alpha value is -0.860. The lowest BCUT2D eigenvalue weighted by Gasteiger charge is -2.28. The van der Waals surface area contributed by atoms with E-state index in [1.165, 1.54) is 11.1 Å². The molecule has 2 heteroatoms. The van der Waals surface area contributed by atoms with Gasteiger partial charge in [0.2, 0.25) is 0 Å². The number of aliphatic hydroxyl groups is 1. The van der Waals surface area contributed by atoms with Gasteiger partial charge in [-0.25, -0.2) is 0 Å². The van der Waals surface area contributed by atoms with E-state index < -0.39 is 5.60 Å². The van der Waals surface area contributed by atoms with Crippen molar-refractivity contribution in [3.8, 4) is 0 Å². The van der Waals surface area contributed by atoms with Gasteiger partial charge in [-0.1, -0.05) is 38.1 Å². The van der Waals surface area contributed by atoms with Crippen molar-refractivity contribution in [2.75, 3.05) is 13.1 Å². The lowest BCUT2D eigenvalue weighted by atomic mass is 10.1. The summed E-state index contributed by atoms with van der Waals surface area (Å²) in [7, 11) is 0. The van der Waals surface area contributed by atoms with Gasteiger partial charge in [-0.15, -0.1) is 0 Å². The third kappa shape index (κ3) is 5.33. The van der Waals surface area contributed by atoms with Gasteiger partial charge in [-0.05, 0) is 37.9 Å². The molecule has 0 bridgehead atoms. The summed E-state index contributed by atoms with van der Waals surface area (Å²) < 4.78 is 0. The maximum absolute atomic E-state index is 9.84. The van der Waals surface area contributed by atoms with Gasteiger partial charge in [-0.2, -0.15) is 0 Å². The quantitative estimate of drug-likeness (QED) is 0.819. The first kappa shape index (κ1) is 14.2. The van der Waals surface area contributed by atoms with Crippen LogP contribution in [0.5, 0.6) is 0 Å². The van der Waals surface area contributed by atoms with Crippen LogP contribution in [0, 0.1) is 0 Å². The third-order valence-electron chi connectivity index (χ3n) is 2.90. The van der Waals surface area contributed by atoms with Gasteiger partial charge in [0, 0.05) is 13.1 Å². The Balaban J connectivity index is 2.61. The van der Waals surface area contributed by atoms with Gasteiger partial charge in [0.15, 0.2) is 0 Å². The highest BCUT2D eigenvalue weighted by atomic mass is 16.3. The summed E-state index contributed by atoms with van der Waals surface area (Å²) in [6.07, 6.45) is 1.08. The van der Waals surface area contributed by atoms with Gasteiger partial charge in [-0.3, -0.25) is 4.90 Å². The molecular weight excluding hydrogens is 210 g/mol. The Bertz CT molecular complexity index is 324. The summed E-state index contributed by atoms with van der Waals surface area (Å²) in [5.74, 6) is 0. The van der Waals surface area contributed by atoms with Crippen LogP contribution in [-0.2, 0) is 13.0 Å². The van der Waals surface area contributed by atoms with Gasteiger partial charge in [0.05, 0.1) is 5.60 Å². The van der Waals surface area contributed by atoms with Crippen molar-refractivity contribution >= 4 is 0 Å². The molecule has 96 valence electrons. The molecule has 1 aromatic rings. The third-order valence-corrected chi connectivity index (χ3v) is 2.90. The Morgan fingerprint density at radius 2 is 1.59 bits per heavy atom. The molecule has 0 fully saturated rings. The van der Waals surface area contributed by atoms with E-state index in [0.717, 1.165) is 19.5 Å². The minimum Gasteiger partial charge on any atom is -0.389 e. The molecule has 0 saturated heterocycles. The SMILES string of the molecule is CCc1ccc(CN(CC)CC(C)(C)O)cc1. The topological polar surface area (TPSA) is 23.5 Å². The Morgan fingerprint density at radius 1 is 1.06 bits per heavy atom. The molecule has 0 aliphatic carbocycles. The van der Waals surface area contributed by atoms with Crippen LogP contribution >= 0.6 is 0 Å². The average molecular weight is 235 g/mol. The summed E-state index contributed by atoms with van der Waals surface area (Å²) >= 11 is 0. The van der Waals surface area contributed by atoms with Crippen LogP contribution in [0.25, 0.3) is 0 Å². The normalized spacial score (nSPS) is 12.1. The van der Waals surface area contributed by atoms with Crippen LogP contribution in [0.15, 0.2) is 24.3 Å². The van der Waals surface area contributed by atoms with Crippen molar-refractivity contribution < 1.29 is 5.11 Å². The zero-order chi connectivity index (χ0) is 12.9. The molecule has 0 aliphatic heterocycles. The molecule has 0 saturated carbocycles. The first-order valence-electron chi connectivity index (χ1n) is 6.47. The fraction of sp³-hybridized carbons (Fsp3) is 0.600. The van der Waals surface area contributed by atoms with Crippen molar-refractivity contribution in [3.05, 3.63) is 35.4 Å². The van der Waals surface area contributed by atoms with E-state index in [1.807, 2.05) is 13.8 Å². The lowest BCUT2D eigenvalue weighted by molar-refractivity contribution is 0.0353. The standard InChI is InChI=1S/C15H25NO/c1-5-13-7-9-14(10-8-13)11-16(6-2)12-15(3,4)17/h7-10,17H,5-6,11-12H2,1-4H3. The van der Waals surface area contributed by atoms with Crippen LogP contribution in [-0.4, -0.2) is 28.7 Å². The predicted octanol–water partition coefficient (Wildman–Crippen LogP) is 2.84. The van der Waals surface area contributed by atoms with Gasteiger partial charge in [0.1, 0.15) is 0 Å². The van der Waals surface area contributed by atoms with E-state index in [1.54, 1.807) is 0 Å². The van der Waals surface area contributed by atoms with Crippen LogP contribution in [0.3, 0.4) is 0 Å². The highest BCUT2D eigenvalue weighted by Crippen LogP contribution is 2.11. The minimum absolute atomic E-state index is 0.626. The monoisotopic (exact) mass is 235 g/mol. The molecule has 0 unspecified atom stereocenters. The van der Waals surface area contributed by atoms with E-state index in [9.17, 15) is 5.11 Å². The highest BCUT2D eigenvalue weighted by molar-refractivity contribution is 5.22. The van der Waals surface area contributed by atoms with Gasteiger partial charge in [0.25, 0.3) is 0 Å². The first-order chi connectivity index (χ1) is 7.94. The van der Waals surface area contributed by atoms with Crippen molar-refractivity contribution in [1.82, 2.24) is 4.90 Å². The number of nitrogens with zero attached hydrogens (tertiary/aromatic N) is 1. The number of hydrogen-bond acceptors (Lipinski definition) is 2. The van der Waals surface area contributed by atoms with E-state index in [0.29, 0.717) is 6.54 Å². The second-order valence-corrected chi connectivity index (χ2v) is 5.29. The second-order valence-electron chi connectivity index (χ2n) is 5.29. The van der Waals surface area contributed by atoms with Crippen LogP contribution in [0.2, 0.25) is 0 Å². The lowest BCUT2D eigenvalue weighted by Crippen LogP contribution is -2.38. The molecule has 0 heterocycles. The number of hydrogen-bond donors (Lipinski definition) is 1. The van der Waals surface area contributed by atoms with Gasteiger partial charge < -0.3 is 5.11 Å². The molecule has 0 aliphatic rings. The van der Waals surface area contributed by atoms with E-state index >= 15 is 0 Å². The molecule has 0 atom stereocenters. The minimum atomic E-state index is -0.626. The molecule has 1 N–H and O–H groups in total. The Kier molecular flexibility index (Phi) is 5.16. The van der Waals surface area contributed by atoms with Crippen molar-refractivity contribution in [1.29, 1.82) is 0 Å². The number of rotatable bonds is 6. The van der Waals surface area contributed by atoms with Crippen LogP contribution in [0.1, 0.15) is 38.8 Å². The van der Waals surface area contributed by atoms with Crippen LogP contribution < -0.4 is 0 Å². The fourth-order valence-corrected chi connectivity index (χ4v) is 1.97. The Morgan fingerprint density at radius 3 is 2.00 bits per heavy atom. The molecule has 0 amide bonds. The molecule has 0 spiro atoms. The van der Waals surface area contributed by atoms with E-state index in [-0.39, 0.29) is 0 Å². The molecule has 0 aromatic heterocycles. The van der Waals surface area contributed by atoms with E-state index in [2.05, 4.69) is 43.0 Å². The van der Waals surface area contributed by atoms with Crippen molar-refractivity contribution in [2.45, 2.75) is 46.3 Å². The summed E-state index contributed by atoms with van der Waals surface area (Å²) in [6.45, 7) is 10.6. The van der Waals surface area contributed by atoms with Gasteiger partial charge >= 0.3 is 0 Å². The summed E-state index contributed by atoms with van der Waals surface area (Å²) in [5.41, 5.74) is 2.06. The summed E-state index contributed by atoms with van der Waals surface area (Å²) in [6, 6.07) is 8.75. The zero-order valence-electron chi connectivity index (χ0n) is 11.5. The molecule has 1 rings (SSSR count). The number of benzene rings is 1. The smallest absolute Gasteiger partial charge is 0.0718 e. The summed E-state index contributed by atoms with van der Waals surface area (Å²) in [4.78, 5) is 2.26. The summed E-state index contributed by atoms with van der Waals surface area (Å²) in [5, 5.41) is 9.84. The van der Waals surface area contributed by atoms with Crippen molar-refractivity contribution in [2.24, 2.45) is 0 Å². The first-order valence-corrected chi connectivity index (χ1v) is 6.47. The number of aryl methyl sites for hydroxylation is 1. The average Bonchev–Trinajstić information content (AvgIpc) is 2.27. The zero-order valence-corrected chi connectivity index (χ0v) is 11.5. The van der Waals surface area contributed by atoms with E-state index in [4.69, 9.17) is 0 Å². The molecular formula is C15H25NO.